The molecule has 0 spiro atoms. The molecule has 0 aromatic heterocycles. The zero-order chi connectivity index (χ0) is 30.0. The molecule has 1 aliphatic heterocycles. The molecule has 218 valence electrons. The molecule has 1 aliphatic rings. The van der Waals surface area contributed by atoms with Gasteiger partial charge in [0.05, 0.1) is 18.3 Å². The van der Waals surface area contributed by atoms with Crippen molar-refractivity contribution in [2.24, 2.45) is 5.41 Å². The van der Waals surface area contributed by atoms with E-state index in [9.17, 15) is 9.59 Å². The maximum absolute atomic E-state index is 13.5. The van der Waals surface area contributed by atoms with Crippen LogP contribution in [0.3, 0.4) is 0 Å². The Labute approximate surface area is 241 Å². The van der Waals surface area contributed by atoms with Crippen molar-refractivity contribution in [2.45, 2.75) is 99.6 Å². The maximum Gasteiger partial charge on any atom is 0.457 e. The van der Waals surface area contributed by atoms with E-state index in [0.29, 0.717) is 23.4 Å². The van der Waals surface area contributed by atoms with Gasteiger partial charge in [-0.2, -0.15) is 0 Å². The lowest BCUT2D eigenvalue weighted by molar-refractivity contribution is 0.00578. The second-order valence-electron chi connectivity index (χ2n) is 13.3. The van der Waals surface area contributed by atoms with Crippen LogP contribution in [-0.2, 0) is 15.7 Å². The molecule has 0 atom stereocenters. The van der Waals surface area contributed by atoms with Crippen molar-refractivity contribution in [2.75, 3.05) is 13.7 Å². The summed E-state index contributed by atoms with van der Waals surface area (Å²) in [5.41, 5.74) is 6.75. The van der Waals surface area contributed by atoms with Crippen LogP contribution >= 0.6 is 0 Å². The van der Waals surface area contributed by atoms with Crippen molar-refractivity contribution in [1.29, 1.82) is 0 Å². The van der Waals surface area contributed by atoms with Crippen LogP contribution in [0.5, 0.6) is 5.75 Å². The van der Waals surface area contributed by atoms with Crippen molar-refractivity contribution in [3.8, 4) is 5.75 Å². The fourth-order valence-corrected chi connectivity index (χ4v) is 5.09. The van der Waals surface area contributed by atoms with Gasteiger partial charge in [0.25, 0.3) is 11.8 Å². The van der Waals surface area contributed by atoms with Crippen LogP contribution in [0.15, 0.2) is 30.3 Å². The van der Waals surface area contributed by atoms with E-state index < -0.39 is 0 Å². The van der Waals surface area contributed by atoms with Gasteiger partial charge in [-0.25, -0.2) is 5.01 Å². The molecule has 0 aliphatic carbocycles. The highest BCUT2D eigenvalue weighted by Crippen LogP contribution is 2.38. The van der Waals surface area contributed by atoms with Gasteiger partial charge in [-0.15, -0.1) is 0 Å². The number of rotatable bonds is 8. The van der Waals surface area contributed by atoms with E-state index in [1.807, 2.05) is 71.9 Å². The summed E-state index contributed by atoms with van der Waals surface area (Å²) in [7, 11) is 1.38. The molecule has 8 heteroatoms. The molecule has 2 aromatic rings. The molecule has 1 saturated heterocycles. The number of hydrazine groups is 1. The first-order valence-electron chi connectivity index (χ1n) is 14.2. The summed E-state index contributed by atoms with van der Waals surface area (Å²) in [6.45, 7) is 20.5. The number of nitrogens with zero attached hydrogens (tertiary/aromatic N) is 1. The quantitative estimate of drug-likeness (QED) is 0.301. The van der Waals surface area contributed by atoms with Gasteiger partial charge in [-0.05, 0) is 90.4 Å². The van der Waals surface area contributed by atoms with Crippen LogP contribution in [0, 0.1) is 26.2 Å². The number of nitrogens with one attached hydrogen (secondary N) is 1. The van der Waals surface area contributed by atoms with Gasteiger partial charge >= 0.3 is 7.12 Å². The summed E-state index contributed by atoms with van der Waals surface area (Å²) < 4.78 is 18.0. The molecule has 40 heavy (non-hydrogen) atoms. The number of carbonyl (C=O) groups is 2. The Morgan fingerprint density at radius 3 is 2.08 bits per heavy atom. The van der Waals surface area contributed by atoms with Crippen LogP contribution in [-0.4, -0.2) is 48.8 Å². The van der Waals surface area contributed by atoms with E-state index in [0.717, 1.165) is 41.4 Å². The van der Waals surface area contributed by atoms with Crippen molar-refractivity contribution in [3.63, 3.8) is 0 Å². The Balaban J connectivity index is 1.76. The first-order chi connectivity index (χ1) is 18.4. The Morgan fingerprint density at radius 1 is 0.975 bits per heavy atom. The molecule has 1 N–H and O–H groups in total. The zero-order valence-electron chi connectivity index (χ0n) is 26.3. The fourth-order valence-electron chi connectivity index (χ4n) is 5.09. The number of amides is 2. The monoisotopic (exact) mass is 550 g/mol. The minimum Gasteiger partial charge on any atom is -0.496 e. The number of hydrogen-bond acceptors (Lipinski definition) is 5. The molecule has 0 unspecified atom stereocenters. The van der Waals surface area contributed by atoms with E-state index in [1.54, 1.807) is 7.11 Å². The van der Waals surface area contributed by atoms with Gasteiger partial charge < -0.3 is 14.0 Å². The number of aryl methyl sites for hydroxylation is 3. The third-order valence-corrected chi connectivity index (χ3v) is 7.71. The first kappa shape index (κ1) is 31.7. The van der Waals surface area contributed by atoms with E-state index in [4.69, 9.17) is 14.0 Å². The van der Waals surface area contributed by atoms with Crippen molar-refractivity contribution in [3.05, 3.63) is 63.7 Å². The van der Waals surface area contributed by atoms with E-state index in [2.05, 4.69) is 33.1 Å². The highest BCUT2D eigenvalue weighted by atomic mass is 16.7. The van der Waals surface area contributed by atoms with Gasteiger partial charge in [0.2, 0.25) is 0 Å². The van der Waals surface area contributed by atoms with Gasteiger partial charge in [0, 0.05) is 23.2 Å². The molecule has 2 amide bonds. The lowest BCUT2D eigenvalue weighted by atomic mass is 9.81. The number of carbonyl (C=O) groups excluding carboxylic acids is 2. The molecular weight excluding hydrogens is 503 g/mol. The molecule has 0 saturated carbocycles. The topological polar surface area (TPSA) is 77.1 Å². The minimum atomic E-state index is -0.346. The Morgan fingerprint density at radius 2 is 1.55 bits per heavy atom. The highest BCUT2D eigenvalue weighted by Gasteiger charge is 2.50. The van der Waals surface area contributed by atoms with Gasteiger partial charge in [0.1, 0.15) is 5.75 Å². The third kappa shape index (κ3) is 7.46. The second kappa shape index (κ2) is 12.0. The molecule has 3 rings (SSSR count). The standard InChI is InChI=1S/C32H47BN2O5/c1-21-17-22(2)19-25(18-21)29(37)35(20-30(4,5)6)34-28(36)26-15-14-24(27(38-11)23(26)3)13-12-16-33-39-31(7,8)32(9,10)40-33/h14-15,17-19H,12-13,16,20H2,1-11H3,(H,34,36). The minimum absolute atomic E-state index is 0.227. The van der Waals surface area contributed by atoms with Gasteiger partial charge in [-0.3, -0.25) is 15.0 Å². The lowest BCUT2D eigenvalue weighted by Gasteiger charge is -2.32. The average molecular weight is 551 g/mol. The average Bonchev–Trinajstić information content (AvgIpc) is 3.02. The highest BCUT2D eigenvalue weighted by molar-refractivity contribution is 6.45. The Hall–Kier alpha value is -2.84. The summed E-state index contributed by atoms with van der Waals surface area (Å²) in [5, 5.41) is 1.43. The summed E-state index contributed by atoms with van der Waals surface area (Å²) in [4.78, 5) is 27.1. The number of benzene rings is 2. The number of ether oxygens (including phenoxy) is 1. The van der Waals surface area contributed by atoms with Crippen LogP contribution in [0.1, 0.15) is 97.9 Å². The van der Waals surface area contributed by atoms with Crippen molar-refractivity contribution >= 4 is 18.9 Å². The summed E-state index contributed by atoms with van der Waals surface area (Å²) in [5.74, 6) is 0.102. The SMILES string of the molecule is COc1c(CCCB2OC(C)(C)C(C)(C)O2)ccc(C(=O)NN(CC(C)(C)C)C(=O)c2cc(C)cc(C)c2)c1C. The predicted octanol–water partition coefficient (Wildman–Crippen LogP) is 6.48. The van der Waals surface area contributed by atoms with Gasteiger partial charge in [0.15, 0.2) is 0 Å². The van der Waals surface area contributed by atoms with Crippen LogP contribution in [0.4, 0.5) is 0 Å². The Kier molecular flexibility index (Phi) is 9.47. The summed E-state index contributed by atoms with van der Waals surface area (Å²) in [6, 6.07) is 9.47. The summed E-state index contributed by atoms with van der Waals surface area (Å²) >= 11 is 0. The molecule has 7 nitrogen and oxygen atoms in total. The first-order valence-corrected chi connectivity index (χ1v) is 14.2. The normalized spacial score (nSPS) is 16.1. The predicted molar refractivity (Wildman–Crippen MR) is 161 cm³/mol. The second-order valence-corrected chi connectivity index (χ2v) is 13.3. The van der Waals surface area contributed by atoms with Crippen LogP contribution in [0.25, 0.3) is 0 Å². The fraction of sp³-hybridized carbons (Fsp3) is 0.562. The van der Waals surface area contributed by atoms with E-state index >= 15 is 0 Å². The maximum atomic E-state index is 13.5. The van der Waals surface area contributed by atoms with Crippen LogP contribution < -0.4 is 10.2 Å². The molecule has 0 bridgehead atoms. The Bertz CT molecular complexity index is 1210. The van der Waals surface area contributed by atoms with Crippen molar-refractivity contribution < 1.29 is 23.6 Å². The largest absolute Gasteiger partial charge is 0.496 e. The van der Waals surface area contributed by atoms with Crippen LogP contribution in [0.2, 0.25) is 6.32 Å². The third-order valence-electron chi connectivity index (χ3n) is 7.71. The molecule has 1 fully saturated rings. The lowest BCUT2D eigenvalue weighted by Crippen LogP contribution is -2.49. The molecule has 0 radical (unpaired) electrons. The summed E-state index contributed by atoms with van der Waals surface area (Å²) in [6.07, 6.45) is 2.37. The van der Waals surface area contributed by atoms with Gasteiger partial charge in [-0.1, -0.05) is 50.5 Å². The smallest absolute Gasteiger partial charge is 0.457 e. The number of hydrogen-bond donors (Lipinski definition) is 1. The molecular formula is C32H47BN2O5. The zero-order valence-corrected chi connectivity index (χ0v) is 26.3. The van der Waals surface area contributed by atoms with Crippen molar-refractivity contribution in [1.82, 2.24) is 10.4 Å². The molecule has 1 heterocycles. The van der Waals surface area contributed by atoms with E-state index in [1.165, 1.54) is 5.01 Å². The van der Waals surface area contributed by atoms with E-state index in [-0.39, 0.29) is 35.5 Å². The molecule has 2 aromatic carbocycles. The number of methoxy groups -OCH3 is 1.